The normalized spacial score (nSPS) is 12.3. The van der Waals surface area contributed by atoms with Gasteiger partial charge in [0.15, 0.2) is 11.6 Å². The number of methoxy groups -OCH3 is 1. The summed E-state index contributed by atoms with van der Waals surface area (Å²) >= 11 is 0. The molecule has 0 bridgehead atoms. The van der Waals surface area contributed by atoms with Crippen LogP contribution in [0.15, 0.2) is 36.4 Å². The number of aryl methyl sites for hydroxylation is 1. The number of hydrogen-bond acceptors (Lipinski definition) is 2. The van der Waals surface area contributed by atoms with Gasteiger partial charge in [0.25, 0.3) is 0 Å². The first-order valence-electron chi connectivity index (χ1n) is 5.88. The first kappa shape index (κ1) is 13.5. The van der Waals surface area contributed by atoms with E-state index in [4.69, 9.17) is 10.5 Å². The zero-order valence-electron chi connectivity index (χ0n) is 10.8. The monoisotopic (exact) mass is 263 g/mol. The fourth-order valence-corrected chi connectivity index (χ4v) is 2.05. The van der Waals surface area contributed by atoms with Crippen molar-refractivity contribution in [2.75, 3.05) is 7.11 Å². The van der Waals surface area contributed by atoms with Crippen LogP contribution in [-0.4, -0.2) is 7.11 Å². The van der Waals surface area contributed by atoms with E-state index < -0.39 is 11.9 Å². The Bertz CT molecular complexity index is 578. The van der Waals surface area contributed by atoms with Crippen molar-refractivity contribution in [1.29, 1.82) is 0 Å². The molecule has 0 aromatic heterocycles. The van der Waals surface area contributed by atoms with E-state index in [1.54, 1.807) is 25.1 Å². The number of nitrogens with two attached hydrogens (primary N) is 1. The van der Waals surface area contributed by atoms with Gasteiger partial charge >= 0.3 is 0 Å². The van der Waals surface area contributed by atoms with Crippen molar-refractivity contribution in [3.63, 3.8) is 0 Å². The summed E-state index contributed by atoms with van der Waals surface area (Å²) in [7, 11) is 1.39. The molecule has 0 amide bonds. The Balaban J connectivity index is 2.46. The Labute approximate surface area is 110 Å². The Kier molecular flexibility index (Phi) is 3.81. The van der Waals surface area contributed by atoms with Crippen LogP contribution < -0.4 is 10.5 Å². The van der Waals surface area contributed by atoms with Crippen molar-refractivity contribution in [2.45, 2.75) is 13.0 Å². The summed E-state index contributed by atoms with van der Waals surface area (Å²) in [5, 5.41) is 0. The Hall–Kier alpha value is -1.94. The zero-order valence-corrected chi connectivity index (χ0v) is 10.8. The lowest BCUT2D eigenvalue weighted by Crippen LogP contribution is -2.14. The van der Waals surface area contributed by atoms with E-state index in [0.717, 1.165) is 5.56 Å². The van der Waals surface area contributed by atoms with Gasteiger partial charge in [0.2, 0.25) is 0 Å². The van der Waals surface area contributed by atoms with Crippen molar-refractivity contribution in [1.82, 2.24) is 0 Å². The molecular weight excluding hydrogens is 248 g/mol. The van der Waals surface area contributed by atoms with Gasteiger partial charge in [0, 0.05) is 5.56 Å². The topological polar surface area (TPSA) is 35.2 Å². The van der Waals surface area contributed by atoms with Crippen LogP contribution in [0.3, 0.4) is 0 Å². The van der Waals surface area contributed by atoms with E-state index in [1.807, 2.05) is 0 Å². The molecule has 0 aliphatic carbocycles. The van der Waals surface area contributed by atoms with Crippen molar-refractivity contribution >= 4 is 0 Å². The summed E-state index contributed by atoms with van der Waals surface area (Å²) in [6.07, 6.45) is 0. The molecule has 2 N–H and O–H groups in total. The van der Waals surface area contributed by atoms with E-state index in [0.29, 0.717) is 5.56 Å². The highest BCUT2D eigenvalue weighted by Crippen LogP contribution is 2.28. The maximum Gasteiger partial charge on any atom is 0.170 e. The molecule has 2 nitrogen and oxygen atoms in total. The molecule has 0 aliphatic heterocycles. The highest BCUT2D eigenvalue weighted by Gasteiger charge is 2.17. The molecule has 19 heavy (non-hydrogen) atoms. The van der Waals surface area contributed by atoms with E-state index in [9.17, 15) is 8.78 Å². The lowest BCUT2D eigenvalue weighted by Gasteiger charge is -2.15. The lowest BCUT2D eigenvalue weighted by molar-refractivity contribution is 0.383. The first-order chi connectivity index (χ1) is 9.02. The van der Waals surface area contributed by atoms with Gasteiger partial charge in [0.1, 0.15) is 5.82 Å². The van der Waals surface area contributed by atoms with Gasteiger partial charge in [-0.15, -0.1) is 0 Å². The van der Waals surface area contributed by atoms with Crippen molar-refractivity contribution < 1.29 is 13.5 Å². The van der Waals surface area contributed by atoms with Gasteiger partial charge < -0.3 is 10.5 Å². The van der Waals surface area contributed by atoms with Gasteiger partial charge in [-0.05, 0) is 36.2 Å². The molecule has 0 aliphatic rings. The van der Waals surface area contributed by atoms with Gasteiger partial charge in [0.05, 0.1) is 13.2 Å². The van der Waals surface area contributed by atoms with E-state index in [2.05, 4.69) is 0 Å². The van der Waals surface area contributed by atoms with Crippen LogP contribution in [0.25, 0.3) is 0 Å². The smallest absolute Gasteiger partial charge is 0.170 e. The third-order valence-electron chi connectivity index (χ3n) is 2.97. The summed E-state index contributed by atoms with van der Waals surface area (Å²) in [6, 6.07) is 8.47. The highest BCUT2D eigenvalue weighted by atomic mass is 19.1. The molecule has 0 spiro atoms. The number of hydrogen-bond donors (Lipinski definition) is 1. The number of benzene rings is 2. The maximum absolute atomic E-state index is 14.1. The number of ether oxygens (including phenoxy) is 1. The molecule has 1 unspecified atom stereocenters. The molecule has 2 rings (SSSR count). The molecular formula is C15H15F2NO. The van der Waals surface area contributed by atoms with Crippen LogP contribution in [0.1, 0.15) is 22.7 Å². The van der Waals surface area contributed by atoms with Crippen LogP contribution in [0.4, 0.5) is 8.78 Å². The van der Waals surface area contributed by atoms with Gasteiger partial charge in [-0.2, -0.15) is 0 Å². The summed E-state index contributed by atoms with van der Waals surface area (Å²) in [4.78, 5) is 0. The molecule has 100 valence electrons. The molecule has 0 saturated heterocycles. The SMILES string of the molecule is COc1cccc(C(N)c2cc(C)cc(F)c2)c1F. The minimum absolute atomic E-state index is 0.126. The third-order valence-corrected chi connectivity index (χ3v) is 2.97. The third kappa shape index (κ3) is 2.74. The zero-order chi connectivity index (χ0) is 14.0. The predicted octanol–water partition coefficient (Wildman–Crippen LogP) is 3.33. The summed E-state index contributed by atoms with van der Waals surface area (Å²) in [6.45, 7) is 1.77. The first-order valence-corrected chi connectivity index (χ1v) is 5.88. The van der Waals surface area contributed by atoms with Crippen LogP contribution in [0.5, 0.6) is 5.75 Å². The fourth-order valence-electron chi connectivity index (χ4n) is 2.05. The molecule has 1 atom stereocenters. The maximum atomic E-state index is 14.1. The highest BCUT2D eigenvalue weighted by molar-refractivity contribution is 5.39. The predicted molar refractivity (Wildman–Crippen MR) is 70.1 cm³/mol. The van der Waals surface area contributed by atoms with E-state index >= 15 is 0 Å². The molecule has 0 heterocycles. The quantitative estimate of drug-likeness (QED) is 0.921. The second kappa shape index (κ2) is 5.36. The van der Waals surface area contributed by atoms with E-state index in [1.165, 1.54) is 25.3 Å². The van der Waals surface area contributed by atoms with Crippen LogP contribution in [-0.2, 0) is 0 Å². The molecule has 2 aromatic carbocycles. The largest absolute Gasteiger partial charge is 0.494 e. The molecule has 4 heteroatoms. The van der Waals surface area contributed by atoms with E-state index in [-0.39, 0.29) is 17.1 Å². The lowest BCUT2D eigenvalue weighted by atomic mass is 9.97. The second-order valence-corrected chi connectivity index (χ2v) is 4.40. The molecule has 0 fully saturated rings. The average Bonchev–Trinajstić information content (AvgIpc) is 2.37. The Morgan fingerprint density at radius 2 is 1.89 bits per heavy atom. The van der Waals surface area contributed by atoms with Gasteiger partial charge in [-0.1, -0.05) is 18.2 Å². The van der Waals surface area contributed by atoms with Gasteiger partial charge in [-0.3, -0.25) is 0 Å². The molecule has 0 saturated carbocycles. The summed E-state index contributed by atoms with van der Waals surface area (Å²) in [5.41, 5.74) is 7.57. The van der Waals surface area contributed by atoms with Gasteiger partial charge in [-0.25, -0.2) is 8.78 Å². The summed E-state index contributed by atoms with van der Waals surface area (Å²) in [5.74, 6) is -0.769. The Morgan fingerprint density at radius 3 is 2.53 bits per heavy atom. The minimum Gasteiger partial charge on any atom is -0.494 e. The average molecular weight is 263 g/mol. The van der Waals surface area contributed by atoms with Crippen LogP contribution >= 0.6 is 0 Å². The molecule has 0 radical (unpaired) electrons. The second-order valence-electron chi connectivity index (χ2n) is 4.40. The standard InChI is InChI=1S/C15H15F2NO/c1-9-6-10(8-11(16)7-9)15(18)12-4-3-5-13(19-2)14(12)17/h3-8,15H,18H2,1-2H3. The number of halogens is 2. The van der Waals surface area contributed by atoms with Crippen LogP contribution in [0, 0.1) is 18.6 Å². The number of rotatable bonds is 3. The fraction of sp³-hybridized carbons (Fsp3) is 0.200. The summed E-state index contributed by atoms with van der Waals surface area (Å²) < 4.78 is 32.4. The van der Waals surface area contributed by atoms with Crippen molar-refractivity contribution in [3.05, 3.63) is 64.7 Å². The van der Waals surface area contributed by atoms with Crippen LogP contribution in [0.2, 0.25) is 0 Å². The Morgan fingerprint density at radius 1 is 1.16 bits per heavy atom. The van der Waals surface area contributed by atoms with Crippen molar-refractivity contribution in [2.24, 2.45) is 5.73 Å². The van der Waals surface area contributed by atoms with Crippen molar-refractivity contribution in [3.8, 4) is 5.75 Å². The molecule has 2 aromatic rings. The minimum atomic E-state index is -0.732.